The summed E-state index contributed by atoms with van der Waals surface area (Å²) >= 11 is 2.12. The largest absolute Gasteiger partial charge is 0.303 e. The van der Waals surface area contributed by atoms with Crippen molar-refractivity contribution in [2.24, 2.45) is 5.92 Å². The Bertz CT molecular complexity index is 150. The Kier molecular flexibility index (Phi) is 5.32. The first-order valence-corrected chi connectivity index (χ1v) is 7.04. The lowest BCUT2D eigenvalue weighted by atomic mass is 10.1. The first-order chi connectivity index (χ1) is 6.66. The molecule has 0 aromatic carbocycles. The molecule has 1 aliphatic rings. The summed E-state index contributed by atoms with van der Waals surface area (Å²) in [6, 6.07) is 0. The molecule has 2 unspecified atom stereocenters. The molecule has 1 nitrogen and oxygen atoms in total. The van der Waals surface area contributed by atoms with Gasteiger partial charge in [-0.15, -0.1) is 11.8 Å². The Hall–Kier alpha value is 0.310. The normalized spacial score (nSPS) is 33.2. The van der Waals surface area contributed by atoms with Crippen LogP contribution in [0.25, 0.3) is 0 Å². The molecule has 1 fully saturated rings. The van der Waals surface area contributed by atoms with Crippen molar-refractivity contribution in [2.45, 2.75) is 57.7 Å². The molecule has 14 heavy (non-hydrogen) atoms. The minimum absolute atomic E-state index is 0.375. The third-order valence-corrected chi connectivity index (χ3v) is 4.74. The van der Waals surface area contributed by atoms with Gasteiger partial charge in [-0.1, -0.05) is 39.5 Å². The molecular weight excluding hydrogens is 190 g/mol. The molecule has 0 amide bonds. The van der Waals surface area contributed by atoms with Crippen LogP contribution in [0.4, 0.5) is 0 Å². The lowest BCUT2D eigenvalue weighted by Crippen LogP contribution is -2.46. The van der Waals surface area contributed by atoms with Crippen LogP contribution in [0.1, 0.15) is 52.9 Å². The highest BCUT2D eigenvalue weighted by Gasteiger charge is 2.28. The van der Waals surface area contributed by atoms with Gasteiger partial charge in [0.15, 0.2) is 0 Å². The molecule has 0 aliphatic carbocycles. The number of unbranched alkanes of at least 4 members (excludes halogenated alkanes) is 3. The van der Waals surface area contributed by atoms with Crippen molar-refractivity contribution in [1.82, 2.24) is 5.32 Å². The Balaban J connectivity index is 2.15. The van der Waals surface area contributed by atoms with E-state index < -0.39 is 0 Å². The average molecular weight is 215 g/mol. The topological polar surface area (TPSA) is 12.0 Å². The maximum absolute atomic E-state index is 3.69. The number of hydrogen-bond donors (Lipinski definition) is 1. The summed E-state index contributed by atoms with van der Waals surface area (Å²) in [7, 11) is 0. The molecule has 0 spiro atoms. The van der Waals surface area contributed by atoms with Crippen molar-refractivity contribution in [3.63, 3.8) is 0 Å². The van der Waals surface area contributed by atoms with Crippen LogP contribution in [0.15, 0.2) is 0 Å². The van der Waals surface area contributed by atoms with Crippen LogP contribution in [0, 0.1) is 5.92 Å². The van der Waals surface area contributed by atoms with Gasteiger partial charge in [0.2, 0.25) is 0 Å². The van der Waals surface area contributed by atoms with Crippen LogP contribution in [-0.4, -0.2) is 17.2 Å². The molecule has 1 rings (SSSR count). The van der Waals surface area contributed by atoms with Gasteiger partial charge in [-0.05, 0) is 31.6 Å². The molecule has 84 valence electrons. The van der Waals surface area contributed by atoms with E-state index in [1.165, 1.54) is 44.4 Å². The Morgan fingerprint density at radius 2 is 2.14 bits per heavy atom. The monoisotopic (exact) mass is 215 g/mol. The zero-order valence-corrected chi connectivity index (χ0v) is 10.8. The third-order valence-electron chi connectivity index (χ3n) is 3.02. The average Bonchev–Trinajstić information content (AvgIpc) is 2.18. The molecule has 0 aromatic heterocycles. The van der Waals surface area contributed by atoms with E-state index in [9.17, 15) is 0 Å². The predicted molar refractivity (Wildman–Crippen MR) is 66.8 cm³/mol. The molecule has 2 atom stereocenters. The molecule has 0 radical (unpaired) electrons. The lowest BCUT2D eigenvalue weighted by molar-refractivity contribution is 0.398. The second-order valence-electron chi connectivity index (χ2n) is 4.84. The van der Waals surface area contributed by atoms with Gasteiger partial charge < -0.3 is 5.32 Å². The first-order valence-electron chi connectivity index (χ1n) is 6.05. The molecule has 0 saturated carbocycles. The summed E-state index contributed by atoms with van der Waals surface area (Å²) in [6.07, 6.45) is 6.87. The summed E-state index contributed by atoms with van der Waals surface area (Å²) < 4.78 is 0. The van der Waals surface area contributed by atoms with Crippen molar-refractivity contribution in [3.05, 3.63) is 0 Å². The summed E-state index contributed by atoms with van der Waals surface area (Å²) in [5.74, 6) is 2.18. The standard InChI is InChI=1S/C12H25NS/c1-4-5-6-7-8-12(3)13-9-11(2)10-14-12/h11,13H,4-10H2,1-3H3. The smallest absolute Gasteiger partial charge is 0.0616 e. The van der Waals surface area contributed by atoms with Crippen LogP contribution in [0.3, 0.4) is 0 Å². The second kappa shape index (κ2) is 6.02. The van der Waals surface area contributed by atoms with E-state index in [0.29, 0.717) is 4.87 Å². The van der Waals surface area contributed by atoms with Crippen molar-refractivity contribution >= 4 is 11.8 Å². The number of rotatable bonds is 5. The summed E-state index contributed by atoms with van der Waals surface area (Å²) in [4.78, 5) is 0.375. The van der Waals surface area contributed by atoms with E-state index in [-0.39, 0.29) is 0 Å². The molecular formula is C12H25NS. The Morgan fingerprint density at radius 3 is 2.71 bits per heavy atom. The Labute approximate surface area is 93.4 Å². The summed E-state index contributed by atoms with van der Waals surface area (Å²) in [6.45, 7) is 8.18. The van der Waals surface area contributed by atoms with E-state index in [0.717, 1.165) is 5.92 Å². The van der Waals surface area contributed by atoms with Gasteiger partial charge in [0, 0.05) is 0 Å². The maximum atomic E-state index is 3.69. The van der Waals surface area contributed by atoms with Crippen LogP contribution in [0.2, 0.25) is 0 Å². The van der Waals surface area contributed by atoms with Gasteiger partial charge in [0.05, 0.1) is 4.87 Å². The van der Waals surface area contributed by atoms with Crippen molar-refractivity contribution < 1.29 is 0 Å². The van der Waals surface area contributed by atoms with Gasteiger partial charge in [-0.3, -0.25) is 0 Å². The Morgan fingerprint density at radius 1 is 1.36 bits per heavy atom. The van der Waals surface area contributed by atoms with E-state index in [1.807, 2.05) is 0 Å². The molecule has 2 heteroatoms. The molecule has 1 aliphatic heterocycles. The van der Waals surface area contributed by atoms with E-state index >= 15 is 0 Å². The van der Waals surface area contributed by atoms with E-state index in [1.54, 1.807) is 0 Å². The fraction of sp³-hybridized carbons (Fsp3) is 1.00. The van der Waals surface area contributed by atoms with Crippen molar-refractivity contribution in [2.75, 3.05) is 12.3 Å². The van der Waals surface area contributed by atoms with Crippen molar-refractivity contribution in [1.29, 1.82) is 0 Å². The minimum atomic E-state index is 0.375. The highest BCUT2D eigenvalue weighted by Crippen LogP contribution is 2.33. The van der Waals surface area contributed by atoms with Gasteiger partial charge >= 0.3 is 0 Å². The predicted octanol–water partition coefficient (Wildman–Crippen LogP) is 3.65. The maximum Gasteiger partial charge on any atom is 0.0616 e. The summed E-state index contributed by atoms with van der Waals surface area (Å²) in [5.41, 5.74) is 0. The number of thioether (sulfide) groups is 1. The van der Waals surface area contributed by atoms with E-state index in [2.05, 4.69) is 37.8 Å². The van der Waals surface area contributed by atoms with Crippen LogP contribution in [-0.2, 0) is 0 Å². The third kappa shape index (κ3) is 4.22. The molecule has 0 bridgehead atoms. The second-order valence-corrected chi connectivity index (χ2v) is 6.36. The van der Waals surface area contributed by atoms with Crippen LogP contribution in [0.5, 0.6) is 0 Å². The zero-order valence-electron chi connectivity index (χ0n) is 9.94. The zero-order chi connectivity index (χ0) is 10.4. The first kappa shape index (κ1) is 12.4. The number of hydrogen-bond acceptors (Lipinski definition) is 2. The fourth-order valence-corrected chi connectivity index (χ4v) is 3.12. The number of nitrogens with one attached hydrogen (secondary N) is 1. The summed E-state index contributed by atoms with van der Waals surface area (Å²) in [5, 5.41) is 3.69. The molecule has 1 heterocycles. The highest BCUT2D eigenvalue weighted by molar-refractivity contribution is 8.00. The SMILES string of the molecule is CCCCCCC1(C)NCC(C)CS1. The van der Waals surface area contributed by atoms with Gasteiger partial charge in [-0.2, -0.15) is 0 Å². The highest BCUT2D eigenvalue weighted by atomic mass is 32.2. The van der Waals surface area contributed by atoms with Gasteiger partial charge in [-0.25, -0.2) is 0 Å². The van der Waals surface area contributed by atoms with Crippen LogP contribution >= 0.6 is 11.8 Å². The van der Waals surface area contributed by atoms with Crippen molar-refractivity contribution in [3.8, 4) is 0 Å². The quantitative estimate of drug-likeness (QED) is 0.703. The molecule has 0 aromatic rings. The van der Waals surface area contributed by atoms with Gasteiger partial charge in [0.25, 0.3) is 0 Å². The fourth-order valence-electron chi connectivity index (χ4n) is 1.88. The van der Waals surface area contributed by atoms with Crippen LogP contribution < -0.4 is 5.32 Å². The lowest BCUT2D eigenvalue weighted by Gasteiger charge is -2.37. The molecule has 1 N–H and O–H groups in total. The van der Waals surface area contributed by atoms with E-state index in [4.69, 9.17) is 0 Å². The van der Waals surface area contributed by atoms with Gasteiger partial charge in [0.1, 0.15) is 0 Å². The molecule has 1 saturated heterocycles. The minimum Gasteiger partial charge on any atom is -0.303 e.